The molecule has 20 heavy (non-hydrogen) atoms. The topological polar surface area (TPSA) is 41.9 Å². The maximum atomic E-state index is 9.95. The molecule has 1 aromatic rings. The molecule has 0 radical (unpaired) electrons. The van der Waals surface area contributed by atoms with Gasteiger partial charge < -0.3 is 14.6 Å². The standard InChI is InChI=1S/C16H25NO3/c1-11-6-5-7-17(12(11)2)10-13-8-14(19-3)16(18)15(9-13)20-4/h8-9,11-12,18H,5-7,10H2,1-4H3. The van der Waals surface area contributed by atoms with Gasteiger partial charge in [0.25, 0.3) is 0 Å². The molecular formula is C16H25NO3. The van der Waals surface area contributed by atoms with Crippen LogP contribution in [0.2, 0.25) is 0 Å². The van der Waals surface area contributed by atoms with Crippen LogP contribution in [0.3, 0.4) is 0 Å². The molecule has 4 nitrogen and oxygen atoms in total. The number of ether oxygens (including phenoxy) is 2. The van der Waals surface area contributed by atoms with Gasteiger partial charge in [0.1, 0.15) is 0 Å². The molecule has 1 fully saturated rings. The smallest absolute Gasteiger partial charge is 0.200 e. The summed E-state index contributed by atoms with van der Waals surface area (Å²) in [4.78, 5) is 2.49. The number of phenolic OH excluding ortho intramolecular Hbond substituents is 1. The monoisotopic (exact) mass is 279 g/mol. The van der Waals surface area contributed by atoms with Gasteiger partial charge in [0.15, 0.2) is 11.5 Å². The van der Waals surface area contributed by atoms with Gasteiger partial charge in [-0.3, -0.25) is 4.90 Å². The van der Waals surface area contributed by atoms with Crippen LogP contribution in [0.15, 0.2) is 12.1 Å². The Morgan fingerprint density at radius 1 is 1.20 bits per heavy atom. The summed E-state index contributed by atoms with van der Waals surface area (Å²) in [6.07, 6.45) is 2.55. The normalized spacial score (nSPS) is 23.6. The molecule has 0 bridgehead atoms. The fraction of sp³-hybridized carbons (Fsp3) is 0.625. The largest absolute Gasteiger partial charge is 0.502 e. The Morgan fingerprint density at radius 2 is 1.80 bits per heavy atom. The van der Waals surface area contributed by atoms with Gasteiger partial charge in [0, 0.05) is 12.6 Å². The molecule has 0 spiro atoms. The Hall–Kier alpha value is -1.42. The van der Waals surface area contributed by atoms with E-state index < -0.39 is 0 Å². The summed E-state index contributed by atoms with van der Waals surface area (Å²) in [5, 5.41) is 9.95. The number of hydrogen-bond donors (Lipinski definition) is 1. The highest BCUT2D eigenvalue weighted by Gasteiger charge is 2.25. The first-order valence-electron chi connectivity index (χ1n) is 7.24. The Labute approximate surface area is 121 Å². The van der Waals surface area contributed by atoms with E-state index in [9.17, 15) is 5.11 Å². The van der Waals surface area contributed by atoms with Crippen LogP contribution in [0.1, 0.15) is 32.3 Å². The minimum atomic E-state index is 0.0683. The molecular weight excluding hydrogens is 254 g/mol. The summed E-state index contributed by atoms with van der Waals surface area (Å²) in [6.45, 7) is 6.59. The van der Waals surface area contributed by atoms with Gasteiger partial charge in [-0.1, -0.05) is 6.92 Å². The summed E-state index contributed by atoms with van der Waals surface area (Å²) in [5.41, 5.74) is 1.11. The lowest BCUT2D eigenvalue weighted by Crippen LogP contribution is -2.41. The van der Waals surface area contributed by atoms with Crippen LogP contribution in [0, 0.1) is 5.92 Å². The van der Waals surface area contributed by atoms with Crippen molar-refractivity contribution in [1.29, 1.82) is 0 Å². The number of hydrogen-bond acceptors (Lipinski definition) is 4. The Bertz CT molecular complexity index is 436. The second kappa shape index (κ2) is 6.35. The van der Waals surface area contributed by atoms with Crippen LogP contribution in [0.25, 0.3) is 0 Å². The van der Waals surface area contributed by atoms with E-state index in [4.69, 9.17) is 9.47 Å². The molecule has 2 unspecified atom stereocenters. The van der Waals surface area contributed by atoms with Gasteiger partial charge in [0.05, 0.1) is 14.2 Å². The highest BCUT2D eigenvalue weighted by molar-refractivity contribution is 5.52. The van der Waals surface area contributed by atoms with Gasteiger partial charge in [-0.25, -0.2) is 0 Å². The summed E-state index contributed by atoms with van der Waals surface area (Å²) in [7, 11) is 3.12. The molecule has 112 valence electrons. The average Bonchev–Trinajstić information content (AvgIpc) is 2.45. The number of phenols is 1. The number of methoxy groups -OCH3 is 2. The molecule has 0 aromatic heterocycles. The predicted molar refractivity (Wildman–Crippen MR) is 79.5 cm³/mol. The van der Waals surface area contributed by atoms with Crippen LogP contribution in [-0.2, 0) is 6.54 Å². The summed E-state index contributed by atoms with van der Waals surface area (Å²) in [6, 6.07) is 4.36. The fourth-order valence-electron chi connectivity index (χ4n) is 2.92. The van der Waals surface area contributed by atoms with E-state index in [1.807, 2.05) is 12.1 Å². The van der Waals surface area contributed by atoms with Crippen molar-refractivity contribution in [2.75, 3.05) is 20.8 Å². The lowest BCUT2D eigenvalue weighted by Gasteiger charge is -2.38. The first kappa shape index (κ1) is 15.0. The minimum absolute atomic E-state index is 0.0683. The van der Waals surface area contributed by atoms with Crippen LogP contribution in [-0.4, -0.2) is 36.8 Å². The molecule has 1 aliphatic rings. The summed E-state index contributed by atoms with van der Waals surface area (Å²) < 4.78 is 10.4. The van der Waals surface area contributed by atoms with Gasteiger partial charge in [-0.15, -0.1) is 0 Å². The molecule has 2 rings (SSSR count). The Morgan fingerprint density at radius 3 is 2.35 bits per heavy atom. The van der Waals surface area contributed by atoms with Crippen molar-refractivity contribution in [3.8, 4) is 17.2 Å². The van der Waals surface area contributed by atoms with Gasteiger partial charge in [-0.05, 0) is 49.9 Å². The van der Waals surface area contributed by atoms with Crippen LogP contribution >= 0.6 is 0 Å². The highest BCUT2D eigenvalue weighted by Crippen LogP contribution is 2.38. The molecule has 1 N–H and O–H groups in total. The number of piperidine rings is 1. The second-order valence-corrected chi connectivity index (χ2v) is 5.68. The third-order valence-corrected chi connectivity index (χ3v) is 4.43. The first-order valence-corrected chi connectivity index (χ1v) is 7.24. The van der Waals surface area contributed by atoms with E-state index in [0.717, 1.165) is 24.6 Å². The Kier molecular flexibility index (Phi) is 4.76. The fourth-order valence-corrected chi connectivity index (χ4v) is 2.92. The van der Waals surface area contributed by atoms with E-state index in [1.165, 1.54) is 12.8 Å². The van der Waals surface area contributed by atoms with E-state index in [1.54, 1.807) is 14.2 Å². The third kappa shape index (κ3) is 3.01. The van der Waals surface area contributed by atoms with Crippen molar-refractivity contribution in [3.05, 3.63) is 17.7 Å². The average molecular weight is 279 g/mol. The molecule has 1 saturated heterocycles. The number of benzene rings is 1. The molecule has 1 aliphatic heterocycles. The Balaban J connectivity index is 2.20. The van der Waals surface area contributed by atoms with Gasteiger partial charge in [0.2, 0.25) is 5.75 Å². The van der Waals surface area contributed by atoms with E-state index in [2.05, 4.69) is 18.7 Å². The first-order chi connectivity index (χ1) is 9.56. The van der Waals surface area contributed by atoms with Crippen LogP contribution in [0.4, 0.5) is 0 Å². The SMILES string of the molecule is COc1cc(CN2CCCC(C)C2C)cc(OC)c1O. The number of aromatic hydroxyl groups is 1. The quantitative estimate of drug-likeness (QED) is 0.920. The van der Waals surface area contributed by atoms with Crippen molar-refractivity contribution < 1.29 is 14.6 Å². The molecule has 0 aliphatic carbocycles. The van der Waals surface area contributed by atoms with Crippen LogP contribution < -0.4 is 9.47 Å². The number of likely N-dealkylation sites (tertiary alicyclic amines) is 1. The number of rotatable bonds is 4. The van der Waals surface area contributed by atoms with E-state index in [0.29, 0.717) is 17.5 Å². The second-order valence-electron chi connectivity index (χ2n) is 5.68. The van der Waals surface area contributed by atoms with E-state index >= 15 is 0 Å². The molecule has 1 aromatic carbocycles. The van der Waals surface area contributed by atoms with Crippen molar-refractivity contribution in [1.82, 2.24) is 4.90 Å². The van der Waals surface area contributed by atoms with Gasteiger partial charge >= 0.3 is 0 Å². The van der Waals surface area contributed by atoms with Crippen molar-refractivity contribution in [3.63, 3.8) is 0 Å². The lowest BCUT2D eigenvalue weighted by atomic mass is 9.91. The van der Waals surface area contributed by atoms with Crippen LogP contribution in [0.5, 0.6) is 17.2 Å². The maximum absolute atomic E-state index is 9.95. The van der Waals surface area contributed by atoms with Crippen molar-refractivity contribution >= 4 is 0 Å². The number of nitrogens with zero attached hydrogens (tertiary/aromatic N) is 1. The molecule has 0 saturated carbocycles. The molecule has 1 heterocycles. The third-order valence-electron chi connectivity index (χ3n) is 4.43. The zero-order chi connectivity index (χ0) is 14.7. The zero-order valence-electron chi connectivity index (χ0n) is 12.8. The molecule has 4 heteroatoms. The maximum Gasteiger partial charge on any atom is 0.200 e. The van der Waals surface area contributed by atoms with Crippen molar-refractivity contribution in [2.45, 2.75) is 39.3 Å². The van der Waals surface area contributed by atoms with Gasteiger partial charge in [-0.2, -0.15) is 0 Å². The summed E-state index contributed by atoms with van der Waals surface area (Å²) in [5.74, 6) is 1.73. The molecule has 0 amide bonds. The highest BCUT2D eigenvalue weighted by atomic mass is 16.5. The predicted octanol–water partition coefficient (Wildman–Crippen LogP) is 3.03. The van der Waals surface area contributed by atoms with Crippen molar-refractivity contribution in [2.24, 2.45) is 5.92 Å². The minimum Gasteiger partial charge on any atom is -0.502 e. The zero-order valence-corrected chi connectivity index (χ0v) is 12.8. The molecule has 2 atom stereocenters. The lowest BCUT2D eigenvalue weighted by molar-refractivity contribution is 0.106. The summed E-state index contributed by atoms with van der Waals surface area (Å²) >= 11 is 0. The van der Waals surface area contributed by atoms with E-state index in [-0.39, 0.29) is 5.75 Å².